The standard InChI is InChI=1S/C34H47N5O6S/c1-25(40)35-16-9-7-5-3-4-6-8-10-17-36-34(43)27-11-12-30(32(22-27)46(44)38-18-14-29(45-2)15-19-38)26-13-20-39-31(21-26)28(24-37-39)23-33(41)42/h11-13,20-22,24,29H,3-10,14-19,23H2,1-2H3,(H,35,40)(H,36,43)(H,41,42). The number of piperidine rings is 1. The van der Waals surface area contributed by atoms with Crippen LogP contribution in [0.3, 0.4) is 0 Å². The Hall–Kier alpha value is -3.61. The SMILES string of the molecule is COC1CCN(S(=O)c2cc(C(=O)NCCCCCCCCCCNC(C)=O)ccc2-c2ccn3ncc(CC(=O)O)c3c2)CC1. The van der Waals surface area contributed by atoms with Crippen LogP contribution in [0.5, 0.6) is 0 Å². The van der Waals surface area contributed by atoms with Crippen molar-refractivity contribution in [1.82, 2.24) is 24.6 Å². The van der Waals surface area contributed by atoms with Gasteiger partial charge in [0.25, 0.3) is 5.91 Å². The maximum atomic E-state index is 14.0. The quantitative estimate of drug-likeness (QED) is 0.168. The molecule has 0 radical (unpaired) electrons. The van der Waals surface area contributed by atoms with Crippen LogP contribution >= 0.6 is 0 Å². The van der Waals surface area contributed by atoms with Crippen molar-refractivity contribution in [3.8, 4) is 11.1 Å². The third-order valence-corrected chi connectivity index (χ3v) is 9.97. The number of benzene rings is 1. The van der Waals surface area contributed by atoms with E-state index in [0.29, 0.717) is 41.2 Å². The molecule has 4 rings (SSSR count). The first-order valence-corrected chi connectivity index (χ1v) is 17.4. The van der Waals surface area contributed by atoms with Crippen molar-refractivity contribution in [2.24, 2.45) is 0 Å². The molecule has 12 heteroatoms. The number of carboxylic acids is 1. The van der Waals surface area contributed by atoms with Gasteiger partial charge in [0, 0.05) is 57.5 Å². The van der Waals surface area contributed by atoms with Crippen molar-refractivity contribution in [3.05, 3.63) is 53.9 Å². The Morgan fingerprint density at radius 1 is 0.957 bits per heavy atom. The molecule has 1 atom stereocenters. The third kappa shape index (κ3) is 10.2. The number of nitrogens with zero attached hydrogens (tertiary/aromatic N) is 3. The number of methoxy groups -OCH3 is 1. The molecule has 0 aliphatic carbocycles. The molecular formula is C34H47N5O6S. The number of carboxylic acid groups (broad SMARTS) is 1. The highest BCUT2D eigenvalue weighted by atomic mass is 32.2. The molecule has 2 amide bonds. The number of pyridine rings is 1. The van der Waals surface area contributed by atoms with Crippen LogP contribution < -0.4 is 10.6 Å². The molecule has 250 valence electrons. The van der Waals surface area contributed by atoms with Crippen molar-refractivity contribution in [2.75, 3.05) is 33.3 Å². The van der Waals surface area contributed by atoms with Gasteiger partial charge in [-0.25, -0.2) is 13.0 Å². The predicted molar refractivity (Wildman–Crippen MR) is 178 cm³/mol. The molecule has 0 saturated carbocycles. The topological polar surface area (TPSA) is 142 Å². The van der Waals surface area contributed by atoms with E-state index in [0.717, 1.165) is 69.0 Å². The van der Waals surface area contributed by atoms with Crippen molar-refractivity contribution in [2.45, 2.75) is 88.6 Å². The van der Waals surface area contributed by atoms with E-state index in [1.165, 1.54) is 12.8 Å². The highest BCUT2D eigenvalue weighted by Gasteiger charge is 2.26. The highest BCUT2D eigenvalue weighted by molar-refractivity contribution is 7.82. The van der Waals surface area contributed by atoms with E-state index in [1.807, 2.05) is 22.5 Å². The van der Waals surface area contributed by atoms with Gasteiger partial charge in [0.05, 0.1) is 29.1 Å². The largest absolute Gasteiger partial charge is 0.481 e. The van der Waals surface area contributed by atoms with E-state index in [9.17, 15) is 23.7 Å². The molecule has 2 aromatic heterocycles. The number of aromatic nitrogens is 2. The zero-order valence-corrected chi connectivity index (χ0v) is 27.8. The maximum Gasteiger partial charge on any atom is 0.307 e. The second kappa shape index (κ2) is 17.9. The number of carbonyl (C=O) groups excluding carboxylic acids is 2. The highest BCUT2D eigenvalue weighted by Crippen LogP contribution is 2.31. The van der Waals surface area contributed by atoms with Crippen LogP contribution in [0.25, 0.3) is 16.6 Å². The predicted octanol–water partition coefficient (Wildman–Crippen LogP) is 4.75. The molecule has 1 saturated heterocycles. The molecule has 46 heavy (non-hydrogen) atoms. The van der Waals surface area contributed by atoms with E-state index in [-0.39, 0.29) is 24.3 Å². The molecule has 1 aliphatic heterocycles. The van der Waals surface area contributed by atoms with Gasteiger partial charge in [-0.2, -0.15) is 5.10 Å². The van der Waals surface area contributed by atoms with E-state index >= 15 is 0 Å². The molecule has 1 fully saturated rings. The number of fused-ring (bicyclic) bond motifs is 1. The Balaban J connectivity index is 1.39. The molecule has 0 bridgehead atoms. The fourth-order valence-electron chi connectivity index (χ4n) is 5.80. The summed E-state index contributed by atoms with van der Waals surface area (Å²) in [4.78, 5) is 36.0. The minimum Gasteiger partial charge on any atom is -0.481 e. The van der Waals surface area contributed by atoms with Crippen LogP contribution in [-0.2, 0) is 31.7 Å². The summed E-state index contributed by atoms with van der Waals surface area (Å²) in [5.74, 6) is -1.11. The van der Waals surface area contributed by atoms with Gasteiger partial charge in [-0.1, -0.05) is 44.6 Å². The molecule has 1 aliphatic rings. The van der Waals surface area contributed by atoms with Crippen LogP contribution in [0.2, 0.25) is 0 Å². The van der Waals surface area contributed by atoms with Crippen molar-refractivity contribution in [1.29, 1.82) is 0 Å². The molecule has 0 spiro atoms. The summed E-state index contributed by atoms with van der Waals surface area (Å²) in [6.45, 7) is 4.09. The van der Waals surface area contributed by atoms with Gasteiger partial charge >= 0.3 is 5.97 Å². The summed E-state index contributed by atoms with van der Waals surface area (Å²) in [5, 5.41) is 19.5. The Bertz CT molecular complexity index is 1500. The van der Waals surface area contributed by atoms with E-state index in [4.69, 9.17) is 4.74 Å². The van der Waals surface area contributed by atoms with E-state index < -0.39 is 17.0 Å². The first kappa shape index (κ1) is 35.2. The van der Waals surface area contributed by atoms with Gasteiger partial charge in [-0.15, -0.1) is 0 Å². The number of rotatable bonds is 18. The molecule has 1 aromatic carbocycles. The minimum absolute atomic E-state index is 0.0243. The number of carbonyl (C=O) groups is 3. The average molecular weight is 654 g/mol. The first-order chi connectivity index (χ1) is 22.3. The fraction of sp³-hybridized carbons (Fsp3) is 0.529. The molecule has 3 heterocycles. The fourth-order valence-corrected chi connectivity index (χ4v) is 7.22. The Morgan fingerprint density at radius 3 is 2.24 bits per heavy atom. The van der Waals surface area contributed by atoms with Gasteiger partial charge in [-0.05, 0) is 61.1 Å². The van der Waals surface area contributed by atoms with Crippen LogP contribution in [0.15, 0.2) is 47.6 Å². The van der Waals surface area contributed by atoms with E-state index in [2.05, 4.69) is 15.7 Å². The van der Waals surface area contributed by atoms with Gasteiger partial charge in [-0.3, -0.25) is 14.4 Å². The minimum atomic E-state index is -1.52. The summed E-state index contributed by atoms with van der Waals surface area (Å²) in [6, 6.07) is 9.05. The second-order valence-corrected chi connectivity index (χ2v) is 13.3. The summed E-state index contributed by atoms with van der Waals surface area (Å²) in [7, 11) is 0.178. The van der Waals surface area contributed by atoms with Gasteiger partial charge < -0.3 is 20.5 Å². The summed E-state index contributed by atoms with van der Waals surface area (Å²) >= 11 is 0. The normalized spacial score (nSPS) is 14.7. The zero-order chi connectivity index (χ0) is 32.9. The Kier molecular flexibility index (Phi) is 13.7. The van der Waals surface area contributed by atoms with Gasteiger partial charge in [0.2, 0.25) is 5.91 Å². The summed E-state index contributed by atoms with van der Waals surface area (Å²) < 4.78 is 23.1. The van der Waals surface area contributed by atoms with Crippen molar-refractivity contribution in [3.63, 3.8) is 0 Å². The Labute approximate surface area is 273 Å². The first-order valence-electron chi connectivity index (χ1n) is 16.3. The summed E-state index contributed by atoms with van der Waals surface area (Å²) in [6.07, 6.45) is 13.6. The van der Waals surface area contributed by atoms with Crippen molar-refractivity contribution >= 4 is 34.3 Å². The number of aliphatic carboxylic acids is 1. The maximum absolute atomic E-state index is 14.0. The number of nitrogens with one attached hydrogen (secondary N) is 2. The van der Waals surface area contributed by atoms with Crippen molar-refractivity contribution < 1.29 is 28.4 Å². The van der Waals surface area contributed by atoms with Gasteiger partial charge in [0.15, 0.2) is 0 Å². The number of amides is 2. The monoisotopic (exact) mass is 653 g/mol. The lowest BCUT2D eigenvalue weighted by molar-refractivity contribution is -0.136. The number of ether oxygens (including phenoxy) is 1. The smallest absolute Gasteiger partial charge is 0.307 e. The van der Waals surface area contributed by atoms with E-state index in [1.54, 1.807) is 43.1 Å². The molecule has 11 nitrogen and oxygen atoms in total. The number of hydrogen-bond donors (Lipinski definition) is 3. The Morgan fingerprint density at radius 2 is 1.61 bits per heavy atom. The lowest BCUT2D eigenvalue weighted by atomic mass is 10.0. The third-order valence-electron chi connectivity index (χ3n) is 8.42. The van der Waals surface area contributed by atoms with Gasteiger partial charge in [0.1, 0.15) is 11.0 Å². The van der Waals surface area contributed by atoms with Crippen LogP contribution in [0.1, 0.15) is 87.1 Å². The lowest BCUT2D eigenvalue weighted by Crippen LogP contribution is -2.38. The molecule has 3 N–H and O–H groups in total. The summed E-state index contributed by atoms with van der Waals surface area (Å²) in [5.41, 5.74) is 3.21. The average Bonchev–Trinajstić information content (AvgIpc) is 3.45. The second-order valence-electron chi connectivity index (χ2n) is 11.9. The number of hydrogen-bond acceptors (Lipinski definition) is 6. The number of unbranched alkanes of at least 4 members (excludes halogenated alkanes) is 7. The van der Waals surface area contributed by atoms with Crippen LogP contribution in [-0.4, -0.2) is 80.4 Å². The van der Waals surface area contributed by atoms with Crippen LogP contribution in [0, 0.1) is 0 Å². The molecule has 1 unspecified atom stereocenters. The lowest BCUT2D eigenvalue weighted by Gasteiger charge is -2.30. The molecule has 3 aromatic rings. The van der Waals surface area contributed by atoms with Crippen LogP contribution in [0.4, 0.5) is 0 Å². The molecular weight excluding hydrogens is 606 g/mol. The zero-order valence-electron chi connectivity index (χ0n) is 27.0.